The van der Waals surface area contributed by atoms with E-state index in [9.17, 15) is 14.7 Å². The molecule has 5 heteroatoms. The van der Waals surface area contributed by atoms with Gasteiger partial charge >= 0.3 is 5.97 Å². The van der Waals surface area contributed by atoms with Gasteiger partial charge in [-0.25, -0.2) is 4.79 Å². The number of carbonyl (C=O) groups excluding carboxylic acids is 1. The van der Waals surface area contributed by atoms with Gasteiger partial charge in [-0.05, 0) is 18.6 Å². The molecule has 0 aliphatic heterocycles. The SMILES string of the molecule is CCC(N)(C(=O)O)C(=O)c1ccccc1O. The molecule has 86 valence electrons. The van der Waals surface area contributed by atoms with Gasteiger partial charge in [-0.1, -0.05) is 19.1 Å². The van der Waals surface area contributed by atoms with Crippen LogP contribution >= 0.6 is 0 Å². The zero-order chi connectivity index (χ0) is 12.3. The van der Waals surface area contributed by atoms with E-state index < -0.39 is 17.3 Å². The second kappa shape index (κ2) is 4.32. The highest BCUT2D eigenvalue weighted by Gasteiger charge is 2.41. The lowest BCUT2D eigenvalue weighted by Crippen LogP contribution is -2.54. The van der Waals surface area contributed by atoms with Crippen molar-refractivity contribution in [1.29, 1.82) is 0 Å². The van der Waals surface area contributed by atoms with E-state index in [4.69, 9.17) is 10.8 Å². The van der Waals surface area contributed by atoms with E-state index in [-0.39, 0.29) is 17.7 Å². The molecule has 0 fully saturated rings. The maximum Gasteiger partial charge on any atom is 0.331 e. The van der Waals surface area contributed by atoms with Gasteiger partial charge in [0, 0.05) is 0 Å². The molecule has 1 aromatic carbocycles. The molecule has 1 atom stereocenters. The molecule has 0 radical (unpaired) electrons. The number of carbonyl (C=O) groups is 2. The van der Waals surface area contributed by atoms with E-state index in [0.29, 0.717) is 0 Å². The Morgan fingerprint density at radius 3 is 2.38 bits per heavy atom. The van der Waals surface area contributed by atoms with E-state index >= 15 is 0 Å². The number of hydrogen-bond acceptors (Lipinski definition) is 4. The van der Waals surface area contributed by atoms with Crippen molar-refractivity contribution in [3.05, 3.63) is 29.8 Å². The molecule has 1 rings (SSSR count). The monoisotopic (exact) mass is 223 g/mol. The molecular weight excluding hydrogens is 210 g/mol. The molecule has 4 N–H and O–H groups in total. The third-order valence-corrected chi connectivity index (χ3v) is 2.49. The summed E-state index contributed by atoms with van der Waals surface area (Å²) in [7, 11) is 0. The number of phenols is 1. The van der Waals surface area contributed by atoms with Crippen LogP contribution in [0, 0.1) is 0 Å². The summed E-state index contributed by atoms with van der Waals surface area (Å²) >= 11 is 0. The van der Waals surface area contributed by atoms with E-state index in [1.165, 1.54) is 31.2 Å². The van der Waals surface area contributed by atoms with Crippen LogP contribution < -0.4 is 5.73 Å². The van der Waals surface area contributed by atoms with Crippen LogP contribution in [0.15, 0.2) is 24.3 Å². The van der Waals surface area contributed by atoms with Crippen molar-refractivity contribution >= 4 is 11.8 Å². The number of hydrogen-bond donors (Lipinski definition) is 3. The third-order valence-electron chi connectivity index (χ3n) is 2.49. The number of para-hydroxylation sites is 1. The van der Waals surface area contributed by atoms with E-state index in [2.05, 4.69) is 0 Å². The molecule has 0 spiro atoms. The normalized spacial score (nSPS) is 14.1. The van der Waals surface area contributed by atoms with E-state index in [0.717, 1.165) is 0 Å². The fraction of sp³-hybridized carbons (Fsp3) is 0.273. The number of ketones is 1. The lowest BCUT2D eigenvalue weighted by atomic mass is 9.87. The van der Waals surface area contributed by atoms with Crippen LogP contribution in [0.4, 0.5) is 0 Å². The molecule has 0 amide bonds. The molecule has 1 unspecified atom stereocenters. The molecule has 1 aromatic rings. The van der Waals surface area contributed by atoms with Crippen LogP contribution in [0.1, 0.15) is 23.7 Å². The number of Topliss-reactive ketones (excluding diaryl/α,β-unsaturated/α-hetero) is 1. The fourth-order valence-electron chi connectivity index (χ4n) is 1.31. The summed E-state index contributed by atoms with van der Waals surface area (Å²) in [6.45, 7) is 1.51. The Labute approximate surface area is 92.5 Å². The number of nitrogens with two attached hydrogens (primary N) is 1. The van der Waals surface area contributed by atoms with Gasteiger partial charge in [-0.15, -0.1) is 0 Å². The van der Waals surface area contributed by atoms with Crippen LogP contribution in [0.5, 0.6) is 5.75 Å². The van der Waals surface area contributed by atoms with Crippen molar-refractivity contribution in [3.8, 4) is 5.75 Å². The van der Waals surface area contributed by atoms with Gasteiger partial charge in [0.25, 0.3) is 0 Å². The summed E-state index contributed by atoms with van der Waals surface area (Å²) in [4.78, 5) is 22.8. The van der Waals surface area contributed by atoms with Crippen molar-refractivity contribution in [2.24, 2.45) is 5.73 Å². The molecule has 0 aliphatic carbocycles. The molecule has 0 saturated heterocycles. The number of carboxylic acid groups (broad SMARTS) is 1. The number of carboxylic acids is 1. The van der Waals surface area contributed by atoms with Crippen molar-refractivity contribution < 1.29 is 19.8 Å². The van der Waals surface area contributed by atoms with Gasteiger partial charge in [0.1, 0.15) is 5.75 Å². The minimum atomic E-state index is -1.99. The summed E-state index contributed by atoms with van der Waals surface area (Å²) in [6.07, 6.45) is -0.0461. The molecule has 0 saturated carbocycles. The summed E-state index contributed by atoms with van der Waals surface area (Å²) in [5.41, 5.74) is 3.46. The molecule has 0 bridgehead atoms. The van der Waals surface area contributed by atoms with Crippen LogP contribution in [0.2, 0.25) is 0 Å². The first-order chi connectivity index (χ1) is 7.43. The lowest BCUT2D eigenvalue weighted by Gasteiger charge is -2.21. The van der Waals surface area contributed by atoms with Crippen LogP contribution in [-0.4, -0.2) is 27.5 Å². The number of aliphatic carboxylic acids is 1. The average molecular weight is 223 g/mol. The first kappa shape index (κ1) is 12.2. The molecule has 5 nitrogen and oxygen atoms in total. The van der Waals surface area contributed by atoms with Gasteiger partial charge in [-0.2, -0.15) is 0 Å². The molecule has 16 heavy (non-hydrogen) atoms. The Hall–Kier alpha value is -1.88. The van der Waals surface area contributed by atoms with Gasteiger partial charge < -0.3 is 15.9 Å². The Bertz CT molecular complexity index is 430. The number of rotatable bonds is 4. The Morgan fingerprint density at radius 2 is 1.94 bits per heavy atom. The highest BCUT2D eigenvalue weighted by atomic mass is 16.4. The molecule has 0 aromatic heterocycles. The summed E-state index contributed by atoms with van der Waals surface area (Å²) < 4.78 is 0. The van der Waals surface area contributed by atoms with Gasteiger partial charge in [0.15, 0.2) is 11.3 Å². The maximum atomic E-state index is 11.9. The second-order valence-electron chi connectivity index (χ2n) is 3.48. The number of phenolic OH excluding ortho intramolecular Hbond substituents is 1. The van der Waals surface area contributed by atoms with E-state index in [1.807, 2.05) is 0 Å². The first-order valence-electron chi connectivity index (χ1n) is 4.78. The Balaban J connectivity index is 3.21. The molecular formula is C11H13NO4. The summed E-state index contributed by atoms with van der Waals surface area (Å²) in [5.74, 6) is -2.46. The quantitative estimate of drug-likeness (QED) is 0.517. The minimum Gasteiger partial charge on any atom is -0.507 e. The van der Waals surface area contributed by atoms with Crippen LogP contribution in [0.3, 0.4) is 0 Å². The van der Waals surface area contributed by atoms with Crippen LogP contribution in [0.25, 0.3) is 0 Å². The topological polar surface area (TPSA) is 101 Å². The van der Waals surface area contributed by atoms with Crippen molar-refractivity contribution in [1.82, 2.24) is 0 Å². The summed E-state index contributed by atoms with van der Waals surface area (Å²) in [5, 5.41) is 18.4. The maximum absolute atomic E-state index is 11.9. The van der Waals surface area contributed by atoms with Gasteiger partial charge in [0.2, 0.25) is 0 Å². The fourth-order valence-corrected chi connectivity index (χ4v) is 1.31. The zero-order valence-electron chi connectivity index (χ0n) is 8.80. The smallest absolute Gasteiger partial charge is 0.331 e. The standard InChI is InChI=1S/C11H13NO4/c1-2-11(12,10(15)16)9(14)7-5-3-4-6-8(7)13/h3-6,13H,2,12H2,1H3,(H,15,16). The van der Waals surface area contributed by atoms with Crippen molar-refractivity contribution in [2.75, 3.05) is 0 Å². The third kappa shape index (κ3) is 1.90. The Morgan fingerprint density at radius 1 is 1.38 bits per heavy atom. The molecule has 0 aliphatic rings. The minimum absolute atomic E-state index is 0.0461. The first-order valence-corrected chi connectivity index (χ1v) is 4.78. The van der Waals surface area contributed by atoms with Gasteiger partial charge in [0.05, 0.1) is 5.56 Å². The van der Waals surface area contributed by atoms with Crippen LogP contribution in [-0.2, 0) is 4.79 Å². The molecule has 0 heterocycles. The summed E-state index contributed by atoms with van der Waals surface area (Å²) in [6, 6.07) is 5.73. The Kier molecular flexibility index (Phi) is 3.29. The predicted molar refractivity (Wildman–Crippen MR) is 57.3 cm³/mol. The zero-order valence-corrected chi connectivity index (χ0v) is 8.80. The van der Waals surface area contributed by atoms with Crippen molar-refractivity contribution in [3.63, 3.8) is 0 Å². The van der Waals surface area contributed by atoms with Crippen molar-refractivity contribution in [2.45, 2.75) is 18.9 Å². The average Bonchev–Trinajstić information content (AvgIpc) is 2.27. The van der Waals surface area contributed by atoms with E-state index in [1.54, 1.807) is 0 Å². The highest BCUT2D eigenvalue weighted by Crippen LogP contribution is 2.22. The second-order valence-corrected chi connectivity index (χ2v) is 3.48. The highest BCUT2D eigenvalue weighted by molar-refractivity contribution is 6.16. The largest absolute Gasteiger partial charge is 0.507 e. The number of aromatic hydroxyl groups is 1. The van der Waals surface area contributed by atoms with Gasteiger partial charge in [-0.3, -0.25) is 4.79 Å². The predicted octanol–water partition coefficient (Wildman–Crippen LogP) is 0.767. The lowest BCUT2D eigenvalue weighted by molar-refractivity contribution is -0.141. The number of benzene rings is 1.